The van der Waals surface area contributed by atoms with Gasteiger partial charge in [0.1, 0.15) is 5.82 Å². The average molecular weight is 188 g/mol. The van der Waals surface area contributed by atoms with Gasteiger partial charge in [0.15, 0.2) is 9.84 Å². The fourth-order valence-electron chi connectivity index (χ4n) is 0.898. The fourth-order valence-corrected chi connectivity index (χ4v) is 1.70. The van der Waals surface area contributed by atoms with Crippen molar-refractivity contribution in [2.75, 3.05) is 6.26 Å². The first-order valence-electron chi connectivity index (χ1n) is 3.40. The van der Waals surface area contributed by atoms with Crippen LogP contribution in [0.15, 0.2) is 24.3 Å². The summed E-state index contributed by atoms with van der Waals surface area (Å²) in [5, 5.41) is 0. The van der Waals surface area contributed by atoms with Crippen LogP contribution in [0.25, 0.3) is 0 Å². The smallest absolute Gasteiger partial charge is 0.151 e. The highest BCUT2D eigenvalue weighted by Crippen LogP contribution is 2.09. The van der Waals surface area contributed by atoms with Crippen molar-refractivity contribution in [2.24, 2.45) is 0 Å². The van der Waals surface area contributed by atoms with Gasteiger partial charge in [-0.3, -0.25) is 0 Å². The zero-order valence-electron chi connectivity index (χ0n) is 6.62. The van der Waals surface area contributed by atoms with E-state index in [2.05, 4.69) is 0 Å². The number of hydrogen-bond donors (Lipinski definition) is 0. The third kappa shape index (κ3) is 2.62. The van der Waals surface area contributed by atoms with Gasteiger partial charge in [-0.25, -0.2) is 12.8 Å². The first-order chi connectivity index (χ1) is 5.49. The largest absolute Gasteiger partial charge is 0.229 e. The van der Waals surface area contributed by atoms with Gasteiger partial charge in [0.2, 0.25) is 0 Å². The summed E-state index contributed by atoms with van der Waals surface area (Å²) in [4.78, 5) is 0. The predicted molar refractivity (Wildman–Crippen MR) is 44.9 cm³/mol. The summed E-state index contributed by atoms with van der Waals surface area (Å²) in [6.07, 6.45) is 1.08. The van der Waals surface area contributed by atoms with Crippen LogP contribution in [0.4, 0.5) is 4.39 Å². The van der Waals surface area contributed by atoms with Crippen LogP contribution in [-0.2, 0) is 15.6 Å². The lowest BCUT2D eigenvalue weighted by atomic mass is 10.2. The van der Waals surface area contributed by atoms with Crippen molar-refractivity contribution in [1.82, 2.24) is 0 Å². The summed E-state index contributed by atoms with van der Waals surface area (Å²) in [6, 6.07) is 5.86. The van der Waals surface area contributed by atoms with E-state index in [9.17, 15) is 12.8 Å². The van der Waals surface area contributed by atoms with E-state index in [1.54, 1.807) is 6.07 Å². The summed E-state index contributed by atoms with van der Waals surface area (Å²) in [5.41, 5.74) is 0.222. The fraction of sp³-hybridized carbons (Fsp3) is 0.250. The van der Waals surface area contributed by atoms with Crippen molar-refractivity contribution in [3.63, 3.8) is 0 Å². The molecule has 0 aliphatic heterocycles. The van der Waals surface area contributed by atoms with Crippen LogP contribution in [0, 0.1) is 5.82 Å². The maximum absolute atomic E-state index is 12.9. The second-order valence-electron chi connectivity index (χ2n) is 2.66. The number of rotatable bonds is 2. The van der Waals surface area contributed by atoms with E-state index >= 15 is 0 Å². The van der Waals surface area contributed by atoms with Gasteiger partial charge in [-0.05, 0) is 6.07 Å². The van der Waals surface area contributed by atoms with E-state index < -0.39 is 15.7 Å². The molecule has 0 heterocycles. The van der Waals surface area contributed by atoms with Gasteiger partial charge in [0.05, 0.1) is 5.75 Å². The molecule has 0 amide bonds. The molecule has 4 heteroatoms. The van der Waals surface area contributed by atoms with E-state index in [-0.39, 0.29) is 11.3 Å². The van der Waals surface area contributed by atoms with E-state index in [4.69, 9.17) is 0 Å². The number of sulfone groups is 1. The second-order valence-corrected chi connectivity index (χ2v) is 4.80. The Morgan fingerprint density at radius 1 is 1.33 bits per heavy atom. The predicted octanol–water partition coefficient (Wildman–Crippen LogP) is 1.37. The molecule has 0 aliphatic rings. The summed E-state index contributed by atoms with van der Waals surface area (Å²) in [6.45, 7) is 0. The molecule has 66 valence electrons. The normalized spacial score (nSPS) is 11.5. The molecule has 1 aromatic rings. The molecule has 1 aromatic carbocycles. The highest BCUT2D eigenvalue weighted by Gasteiger charge is 2.07. The summed E-state index contributed by atoms with van der Waals surface area (Å²) < 4.78 is 34.4. The second kappa shape index (κ2) is 3.23. The Hall–Kier alpha value is -0.900. The molecule has 2 nitrogen and oxygen atoms in total. The Bertz CT molecular complexity index is 370. The van der Waals surface area contributed by atoms with Crippen molar-refractivity contribution in [3.05, 3.63) is 35.6 Å². The van der Waals surface area contributed by atoms with Crippen LogP contribution in [0.3, 0.4) is 0 Å². The van der Waals surface area contributed by atoms with Crippen molar-refractivity contribution < 1.29 is 12.8 Å². The van der Waals surface area contributed by atoms with Gasteiger partial charge in [-0.15, -0.1) is 0 Å². The summed E-state index contributed by atoms with van der Waals surface area (Å²) >= 11 is 0. The van der Waals surface area contributed by atoms with Gasteiger partial charge in [0, 0.05) is 11.8 Å². The Labute approximate surface area is 71.0 Å². The van der Waals surface area contributed by atoms with Crippen molar-refractivity contribution in [1.29, 1.82) is 0 Å². The molecule has 0 saturated carbocycles. The Kier molecular flexibility index (Phi) is 2.47. The molecule has 0 N–H and O–H groups in total. The lowest BCUT2D eigenvalue weighted by Gasteiger charge is -1.99. The summed E-state index contributed by atoms with van der Waals surface area (Å²) in [5.74, 6) is -0.706. The minimum atomic E-state index is -3.14. The van der Waals surface area contributed by atoms with Gasteiger partial charge < -0.3 is 0 Å². The van der Waals surface area contributed by atoms with Crippen molar-refractivity contribution >= 4 is 9.84 Å². The van der Waals surface area contributed by atoms with Crippen LogP contribution in [0.1, 0.15) is 5.56 Å². The lowest BCUT2D eigenvalue weighted by Crippen LogP contribution is -2.02. The third-order valence-corrected chi connectivity index (χ3v) is 2.21. The molecule has 0 atom stereocenters. The number of hydrogen-bond acceptors (Lipinski definition) is 2. The van der Waals surface area contributed by atoms with E-state index in [1.165, 1.54) is 18.2 Å². The first-order valence-corrected chi connectivity index (χ1v) is 5.46. The maximum atomic E-state index is 12.9. The molecule has 0 aromatic heterocycles. The summed E-state index contributed by atoms with van der Waals surface area (Å²) in [7, 11) is -3.14. The molecule has 0 saturated heterocycles. The standard InChI is InChI=1S/C8H9FO2S/c1-12(10,11)6-7-4-2-3-5-8(7)9/h2-5H,6H2,1H3. The van der Waals surface area contributed by atoms with Crippen LogP contribution in [-0.4, -0.2) is 14.7 Å². The topological polar surface area (TPSA) is 34.1 Å². The van der Waals surface area contributed by atoms with Gasteiger partial charge >= 0.3 is 0 Å². The zero-order chi connectivity index (χ0) is 9.19. The highest BCUT2D eigenvalue weighted by atomic mass is 32.2. The minimum absolute atomic E-state index is 0.222. The molecule has 0 spiro atoms. The lowest BCUT2D eigenvalue weighted by molar-refractivity contribution is 0.591. The molecular weight excluding hydrogens is 179 g/mol. The third-order valence-electron chi connectivity index (χ3n) is 1.38. The maximum Gasteiger partial charge on any atom is 0.151 e. The van der Waals surface area contributed by atoms with Crippen LogP contribution in [0.2, 0.25) is 0 Å². The molecule has 1 rings (SSSR count). The van der Waals surface area contributed by atoms with E-state index in [0.717, 1.165) is 6.26 Å². The van der Waals surface area contributed by atoms with Crippen molar-refractivity contribution in [2.45, 2.75) is 5.75 Å². The average Bonchev–Trinajstić information content (AvgIpc) is 1.91. The highest BCUT2D eigenvalue weighted by molar-refractivity contribution is 7.89. The molecular formula is C8H9FO2S. The minimum Gasteiger partial charge on any atom is -0.229 e. The molecule has 0 bridgehead atoms. The first kappa shape index (κ1) is 9.19. The number of benzene rings is 1. The van der Waals surface area contributed by atoms with Crippen molar-refractivity contribution in [3.8, 4) is 0 Å². The Morgan fingerprint density at radius 2 is 1.92 bits per heavy atom. The van der Waals surface area contributed by atoms with Crippen LogP contribution in [0.5, 0.6) is 0 Å². The number of halogens is 1. The van der Waals surface area contributed by atoms with E-state index in [1.807, 2.05) is 0 Å². The quantitative estimate of drug-likeness (QED) is 0.702. The molecule has 0 aliphatic carbocycles. The monoisotopic (exact) mass is 188 g/mol. The van der Waals surface area contributed by atoms with Crippen LogP contribution >= 0.6 is 0 Å². The molecule has 0 unspecified atom stereocenters. The molecule has 12 heavy (non-hydrogen) atoms. The SMILES string of the molecule is CS(=O)(=O)Cc1ccccc1F. The van der Waals surface area contributed by atoms with E-state index in [0.29, 0.717) is 0 Å². The molecule has 0 radical (unpaired) electrons. The Balaban J connectivity index is 2.98. The van der Waals surface area contributed by atoms with Gasteiger partial charge in [-0.2, -0.15) is 0 Å². The molecule has 0 fully saturated rings. The Morgan fingerprint density at radius 3 is 2.42 bits per heavy atom. The van der Waals surface area contributed by atoms with Gasteiger partial charge in [-0.1, -0.05) is 18.2 Å². The van der Waals surface area contributed by atoms with Crippen LogP contribution < -0.4 is 0 Å². The van der Waals surface area contributed by atoms with Gasteiger partial charge in [0.25, 0.3) is 0 Å². The zero-order valence-corrected chi connectivity index (χ0v) is 7.44.